The van der Waals surface area contributed by atoms with Gasteiger partial charge in [0.25, 0.3) is 0 Å². The Kier molecular flexibility index (Phi) is 11.0. The van der Waals surface area contributed by atoms with E-state index < -0.39 is 47.9 Å². The first-order valence-electron chi connectivity index (χ1n) is 11.9. The van der Waals surface area contributed by atoms with Crippen molar-refractivity contribution < 1.29 is 29.0 Å². The summed E-state index contributed by atoms with van der Waals surface area (Å²) in [4.78, 5) is 52.4. The molecule has 0 aliphatic carbocycles. The minimum atomic E-state index is -1.33. The molecule has 3 atom stereocenters. The number of aryl methyl sites for hydroxylation is 1. The van der Waals surface area contributed by atoms with Crippen LogP contribution in [0.4, 0.5) is 4.79 Å². The highest BCUT2D eigenvalue weighted by atomic mass is 16.6. The van der Waals surface area contributed by atoms with Crippen LogP contribution in [0, 0.1) is 6.92 Å². The molecule has 0 aliphatic rings. The molecule has 0 bridgehead atoms. The summed E-state index contributed by atoms with van der Waals surface area (Å²) in [5.74, 6) is -1.82. The van der Waals surface area contributed by atoms with Crippen LogP contribution < -0.4 is 16.4 Å². The topological polar surface area (TPSA) is 151 Å². The zero-order chi connectivity index (χ0) is 26.9. The average Bonchev–Trinajstić information content (AvgIpc) is 2.71. The van der Waals surface area contributed by atoms with Crippen molar-refractivity contribution in [3.8, 4) is 5.75 Å². The summed E-state index contributed by atoms with van der Waals surface area (Å²) in [5, 5.41) is 15.3. The molecule has 0 aromatic heterocycles. The largest absolute Gasteiger partial charge is 0.508 e. The molecule has 0 saturated carbocycles. The molecular weight excluding hydrogens is 452 g/mol. The number of phenolic OH excluding ortho intramolecular Hbond substituents is 1. The molecule has 196 valence electrons. The Morgan fingerprint density at radius 2 is 1.77 bits per heavy atom. The second-order valence-electron chi connectivity index (χ2n) is 9.64. The highest BCUT2D eigenvalue weighted by Crippen LogP contribution is 2.27. The molecule has 10 nitrogen and oxygen atoms in total. The number of carbonyl (C=O) groups is 4. The van der Waals surface area contributed by atoms with Gasteiger partial charge >= 0.3 is 6.09 Å². The Labute approximate surface area is 207 Å². The number of likely N-dealkylation sites (N-methyl/N-ethyl adjacent to an activating group) is 1. The Morgan fingerprint density at radius 1 is 1.14 bits per heavy atom. The minimum absolute atomic E-state index is 0.0554. The van der Waals surface area contributed by atoms with Crippen LogP contribution >= 0.6 is 0 Å². The first-order chi connectivity index (χ1) is 16.2. The second-order valence-corrected chi connectivity index (χ2v) is 9.64. The predicted octanol–water partition coefficient (Wildman–Crippen LogP) is 2.66. The summed E-state index contributed by atoms with van der Waals surface area (Å²) < 4.78 is 5.23. The summed E-state index contributed by atoms with van der Waals surface area (Å²) in [7, 11) is 0. The van der Waals surface area contributed by atoms with E-state index in [-0.39, 0.29) is 18.3 Å². The van der Waals surface area contributed by atoms with Crippen molar-refractivity contribution in [2.75, 3.05) is 6.54 Å². The zero-order valence-electron chi connectivity index (χ0n) is 21.8. The number of aromatic hydroxyl groups is 1. The van der Waals surface area contributed by atoms with Crippen LogP contribution in [0.3, 0.4) is 0 Å². The van der Waals surface area contributed by atoms with Gasteiger partial charge in [-0.05, 0) is 71.2 Å². The first kappa shape index (κ1) is 29.7. The smallest absolute Gasteiger partial charge is 0.408 e. The van der Waals surface area contributed by atoms with E-state index in [4.69, 9.17) is 10.5 Å². The molecule has 0 aliphatic heterocycles. The maximum Gasteiger partial charge on any atom is 0.408 e. The van der Waals surface area contributed by atoms with Crippen LogP contribution in [0.15, 0.2) is 18.2 Å². The van der Waals surface area contributed by atoms with Crippen LogP contribution in [0.1, 0.15) is 78.0 Å². The number of nitrogens with zero attached hydrogens (tertiary/aromatic N) is 1. The molecule has 10 heteroatoms. The van der Waals surface area contributed by atoms with E-state index in [1.54, 1.807) is 46.8 Å². The summed E-state index contributed by atoms with van der Waals surface area (Å²) >= 11 is 0. The van der Waals surface area contributed by atoms with Crippen molar-refractivity contribution in [2.45, 2.75) is 91.5 Å². The number of benzene rings is 1. The van der Waals surface area contributed by atoms with Crippen LogP contribution in [-0.2, 0) is 19.1 Å². The monoisotopic (exact) mass is 492 g/mol. The van der Waals surface area contributed by atoms with Gasteiger partial charge in [-0.3, -0.25) is 14.4 Å². The van der Waals surface area contributed by atoms with Gasteiger partial charge in [0.1, 0.15) is 23.4 Å². The Bertz CT molecular complexity index is 912. The average molecular weight is 493 g/mol. The number of hydrogen-bond acceptors (Lipinski definition) is 6. The Morgan fingerprint density at radius 3 is 2.26 bits per heavy atom. The minimum Gasteiger partial charge on any atom is -0.508 e. The number of alkyl carbamates (subject to hydrolysis) is 1. The molecule has 0 spiro atoms. The number of carbonyl (C=O) groups excluding carboxylic acids is 4. The Hall–Kier alpha value is -3.30. The second kappa shape index (κ2) is 13.0. The number of amides is 4. The lowest BCUT2D eigenvalue weighted by atomic mass is 9.99. The number of nitrogens with one attached hydrogen (secondary N) is 2. The van der Waals surface area contributed by atoms with E-state index in [0.717, 1.165) is 12.8 Å². The molecular formula is C25H40N4O6. The van der Waals surface area contributed by atoms with Gasteiger partial charge in [0, 0.05) is 12.6 Å². The summed E-state index contributed by atoms with van der Waals surface area (Å²) in [6.45, 7) is 12.4. The third-order valence-electron chi connectivity index (χ3n) is 5.23. The SMILES string of the molecule is CCCC(C)NC(=O)C(c1ccc(O)c(C)c1)N(CC)C(=O)C(CC(N)=O)NC(=O)OC(C)(C)C. The normalized spacial score (nSPS) is 13.8. The molecule has 0 radical (unpaired) electrons. The van der Waals surface area contributed by atoms with Crippen molar-refractivity contribution in [1.82, 2.24) is 15.5 Å². The van der Waals surface area contributed by atoms with E-state index in [9.17, 15) is 24.3 Å². The third kappa shape index (κ3) is 9.46. The molecule has 4 amide bonds. The van der Waals surface area contributed by atoms with Crippen molar-refractivity contribution in [2.24, 2.45) is 5.73 Å². The summed E-state index contributed by atoms with van der Waals surface area (Å²) in [6.07, 6.45) is 0.258. The number of rotatable bonds is 11. The fourth-order valence-electron chi connectivity index (χ4n) is 3.67. The molecule has 0 heterocycles. The van der Waals surface area contributed by atoms with Gasteiger partial charge in [0.2, 0.25) is 17.7 Å². The summed E-state index contributed by atoms with van der Waals surface area (Å²) in [6, 6.07) is 2.12. The van der Waals surface area contributed by atoms with Crippen LogP contribution in [0.25, 0.3) is 0 Å². The molecule has 0 fully saturated rings. The zero-order valence-corrected chi connectivity index (χ0v) is 21.8. The predicted molar refractivity (Wildman–Crippen MR) is 132 cm³/mol. The lowest BCUT2D eigenvalue weighted by Crippen LogP contribution is -2.54. The van der Waals surface area contributed by atoms with Crippen LogP contribution in [0.2, 0.25) is 0 Å². The van der Waals surface area contributed by atoms with Gasteiger partial charge in [0.15, 0.2) is 0 Å². The Balaban J connectivity index is 3.42. The van der Waals surface area contributed by atoms with Crippen molar-refractivity contribution in [3.63, 3.8) is 0 Å². The standard InChI is InChI=1S/C25H40N4O6/c1-8-10-16(4)27-22(32)21(17-11-12-19(30)15(3)13-17)29(9-2)23(33)18(14-20(26)31)28-24(34)35-25(5,6)7/h11-13,16,18,21,30H,8-10,14H2,1-7H3,(H2,26,31)(H,27,32)(H,28,34). The molecule has 0 saturated heterocycles. The van der Waals surface area contributed by atoms with Crippen LogP contribution in [-0.4, -0.2) is 58.1 Å². The fourth-order valence-corrected chi connectivity index (χ4v) is 3.67. The highest BCUT2D eigenvalue weighted by Gasteiger charge is 2.36. The quantitative estimate of drug-likeness (QED) is 0.373. The number of hydrogen-bond donors (Lipinski definition) is 4. The van der Waals surface area contributed by atoms with E-state index in [2.05, 4.69) is 10.6 Å². The molecule has 1 aromatic rings. The van der Waals surface area contributed by atoms with E-state index in [1.807, 2.05) is 13.8 Å². The number of phenols is 1. The highest BCUT2D eigenvalue weighted by molar-refractivity contribution is 5.94. The maximum absolute atomic E-state index is 13.6. The number of primary amides is 1. The van der Waals surface area contributed by atoms with Crippen molar-refractivity contribution in [1.29, 1.82) is 0 Å². The van der Waals surface area contributed by atoms with E-state index in [0.29, 0.717) is 11.1 Å². The molecule has 35 heavy (non-hydrogen) atoms. The van der Waals surface area contributed by atoms with E-state index >= 15 is 0 Å². The fraction of sp³-hybridized carbons (Fsp3) is 0.600. The molecule has 3 unspecified atom stereocenters. The maximum atomic E-state index is 13.6. The van der Waals surface area contributed by atoms with Crippen molar-refractivity contribution >= 4 is 23.8 Å². The van der Waals surface area contributed by atoms with Gasteiger partial charge in [-0.2, -0.15) is 0 Å². The van der Waals surface area contributed by atoms with Crippen LogP contribution in [0.5, 0.6) is 5.75 Å². The number of nitrogens with two attached hydrogens (primary N) is 1. The summed E-state index contributed by atoms with van der Waals surface area (Å²) in [5.41, 5.74) is 5.54. The first-order valence-corrected chi connectivity index (χ1v) is 11.9. The lowest BCUT2D eigenvalue weighted by molar-refractivity contribution is -0.143. The van der Waals surface area contributed by atoms with Crippen molar-refractivity contribution in [3.05, 3.63) is 29.3 Å². The van der Waals surface area contributed by atoms with E-state index in [1.165, 1.54) is 11.0 Å². The van der Waals surface area contributed by atoms with Gasteiger partial charge in [-0.25, -0.2) is 4.79 Å². The molecule has 5 N–H and O–H groups in total. The molecule has 1 aromatic carbocycles. The van der Waals surface area contributed by atoms with Gasteiger partial charge < -0.3 is 31.1 Å². The van der Waals surface area contributed by atoms with Gasteiger partial charge in [-0.15, -0.1) is 0 Å². The lowest BCUT2D eigenvalue weighted by Gasteiger charge is -2.34. The molecule has 1 rings (SSSR count). The third-order valence-corrected chi connectivity index (χ3v) is 5.23. The number of ether oxygens (including phenoxy) is 1. The van der Waals surface area contributed by atoms with Gasteiger partial charge in [0.05, 0.1) is 6.42 Å². The van der Waals surface area contributed by atoms with Gasteiger partial charge in [-0.1, -0.05) is 19.4 Å².